The van der Waals surface area contributed by atoms with E-state index in [0.29, 0.717) is 13.0 Å². The molecule has 228 valence electrons. The Morgan fingerprint density at radius 1 is 0.897 bits per heavy atom. The van der Waals surface area contributed by atoms with Gasteiger partial charge in [-0.05, 0) is 6.42 Å². The van der Waals surface area contributed by atoms with Gasteiger partial charge in [0, 0.05) is 13.0 Å². The van der Waals surface area contributed by atoms with Crippen LogP contribution in [0.25, 0.3) is 0 Å². The molecule has 17 nitrogen and oxygen atoms in total. The van der Waals surface area contributed by atoms with Crippen LogP contribution in [-0.2, 0) is 28.4 Å². The van der Waals surface area contributed by atoms with Gasteiger partial charge in [-0.3, -0.25) is 0 Å². The predicted octanol–water partition coefficient (Wildman–Crippen LogP) is -5.40. The Hall–Kier alpha value is -1.29. The molecular formula is C22H39NO16. The number of hydrogen-bond acceptors (Lipinski definition) is 16. The fourth-order valence-corrected chi connectivity index (χ4v) is 4.53. The van der Waals surface area contributed by atoms with E-state index >= 15 is 0 Å². The van der Waals surface area contributed by atoms with Crippen LogP contribution >= 0.6 is 0 Å². The third-order valence-corrected chi connectivity index (χ3v) is 6.86. The molecule has 0 saturated carbocycles. The Bertz CT molecular complexity index is 793. The van der Waals surface area contributed by atoms with Crippen molar-refractivity contribution in [3.05, 3.63) is 0 Å². The van der Waals surface area contributed by atoms with Gasteiger partial charge in [0.2, 0.25) is 11.6 Å². The van der Waals surface area contributed by atoms with E-state index in [1.807, 2.05) is 6.92 Å². The van der Waals surface area contributed by atoms with Crippen molar-refractivity contribution in [1.82, 2.24) is 5.32 Å². The Kier molecular flexibility index (Phi) is 11.2. The van der Waals surface area contributed by atoms with E-state index < -0.39 is 112 Å². The highest BCUT2D eigenvalue weighted by Crippen LogP contribution is 2.40. The maximum Gasteiger partial charge on any atom is 0.407 e. The van der Waals surface area contributed by atoms with Crippen molar-refractivity contribution in [2.24, 2.45) is 0 Å². The van der Waals surface area contributed by atoms with Crippen LogP contribution in [0, 0.1) is 0 Å². The monoisotopic (exact) mass is 573 g/mol. The fourth-order valence-electron chi connectivity index (χ4n) is 4.53. The van der Waals surface area contributed by atoms with Gasteiger partial charge in [0.15, 0.2) is 6.29 Å². The number of alkyl carbamates (subject to hydrolysis) is 1. The largest absolute Gasteiger partial charge is 0.447 e. The Morgan fingerprint density at radius 2 is 1.51 bits per heavy atom. The van der Waals surface area contributed by atoms with Gasteiger partial charge in [0.25, 0.3) is 0 Å². The molecule has 10 N–H and O–H groups in total. The molecule has 3 aliphatic rings. The summed E-state index contributed by atoms with van der Waals surface area (Å²) in [4.78, 5) is 11.9. The van der Waals surface area contributed by atoms with Gasteiger partial charge in [0.05, 0.1) is 19.3 Å². The molecule has 0 aromatic heterocycles. The molecule has 4 unspecified atom stereocenters. The minimum Gasteiger partial charge on any atom is -0.447 e. The Balaban J connectivity index is 1.84. The number of rotatable bonds is 12. The zero-order valence-electron chi connectivity index (χ0n) is 21.3. The lowest BCUT2D eigenvalue weighted by molar-refractivity contribution is -0.392. The molecule has 0 radical (unpaired) electrons. The molecule has 1 amide bonds. The zero-order chi connectivity index (χ0) is 29.0. The average Bonchev–Trinajstić information content (AvgIpc) is 3.31. The van der Waals surface area contributed by atoms with Crippen molar-refractivity contribution in [3.63, 3.8) is 0 Å². The molecule has 0 aromatic rings. The zero-order valence-corrected chi connectivity index (χ0v) is 21.3. The van der Waals surface area contributed by atoms with Crippen LogP contribution in [0.1, 0.15) is 19.8 Å². The number of amides is 1. The molecule has 0 bridgehead atoms. The normalized spacial score (nSPS) is 44.5. The average molecular weight is 574 g/mol. The third-order valence-electron chi connectivity index (χ3n) is 6.86. The quantitative estimate of drug-likeness (QED) is 0.104. The summed E-state index contributed by atoms with van der Waals surface area (Å²) in [6, 6.07) is 0. The van der Waals surface area contributed by atoms with Gasteiger partial charge < -0.3 is 79.7 Å². The molecule has 0 spiro atoms. The Labute approximate surface area is 223 Å². The molecule has 17 heteroatoms. The predicted molar refractivity (Wildman–Crippen MR) is 122 cm³/mol. The molecular weight excluding hydrogens is 534 g/mol. The lowest BCUT2D eigenvalue weighted by Gasteiger charge is -2.42. The molecule has 3 fully saturated rings. The SMILES string of the molecule is CCCNC(=O)OC[C@H]1O[C@@](CO[C@@]2(CO)O[C@H](CO)[C@H](O)C2O)(O[C@H]2OC(CO)[C@@H](O)CC2O)C(O)[C@H]1O. The number of hydrogen-bond donors (Lipinski definition) is 10. The molecule has 3 rings (SSSR count). The molecule has 12 atom stereocenters. The van der Waals surface area contributed by atoms with Crippen LogP contribution in [0.2, 0.25) is 0 Å². The molecule has 3 aliphatic heterocycles. The summed E-state index contributed by atoms with van der Waals surface area (Å²) in [5.41, 5.74) is 0. The first-order valence-corrected chi connectivity index (χ1v) is 12.6. The van der Waals surface area contributed by atoms with E-state index in [9.17, 15) is 50.8 Å². The van der Waals surface area contributed by atoms with Crippen LogP contribution < -0.4 is 5.32 Å². The second-order valence-corrected chi connectivity index (χ2v) is 9.68. The first-order valence-electron chi connectivity index (χ1n) is 12.6. The summed E-state index contributed by atoms with van der Waals surface area (Å²) in [5.74, 6) is -4.77. The number of carbonyl (C=O) groups excluding carboxylic acids is 1. The van der Waals surface area contributed by atoms with E-state index in [0.717, 1.165) is 0 Å². The number of aliphatic hydroxyl groups excluding tert-OH is 9. The van der Waals surface area contributed by atoms with Crippen molar-refractivity contribution in [1.29, 1.82) is 0 Å². The van der Waals surface area contributed by atoms with Crippen LogP contribution in [-0.4, -0.2) is 164 Å². The van der Waals surface area contributed by atoms with Crippen molar-refractivity contribution >= 4 is 6.09 Å². The number of ether oxygens (including phenoxy) is 6. The van der Waals surface area contributed by atoms with E-state index in [1.165, 1.54) is 0 Å². The summed E-state index contributed by atoms with van der Waals surface area (Å²) in [6.45, 7) is -1.80. The van der Waals surface area contributed by atoms with Gasteiger partial charge in [-0.15, -0.1) is 0 Å². The summed E-state index contributed by atoms with van der Waals surface area (Å²) >= 11 is 0. The Morgan fingerprint density at radius 3 is 2.10 bits per heavy atom. The van der Waals surface area contributed by atoms with E-state index in [-0.39, 0.29) is 6.42 Å². The lowest BCUT2D eigenvalue weighted by Crippen LogP contribution is -2.59. The highest BCUT2D eigenvalue weighted by atomic mass is 16.8. The van der Waals surface area contributed by atoms with Crippen LogP contribution in [0.4, 0.5) is 4.79 Å². The molecule has 39 heavy (non-hydrogen) atoms. The van der Waals surface area contributed by atoms with Gasteiger partial charge in [-0.25, -0.2) is 4.79 Å². The van der Waals surface area contributed by atoms with Crippen LogP contribution in [0.5, 0.6) is 0 Å². The summed E-state index contributed by atoms with van der Waals surface area (Å²) in [7, 11) is 0. The van der Waals surface area contributed by atoms with Crippen molar-refractivity contribution in [3.8, 4) is 0 Å². The third kappa shape index (κ3) is 6.79. The van der Waals surface area contributed by atoms with E-state index in [2.05, 4.69) is 5.32 Å². The lowest BCUT2D eigenvalue weighted by atomic mass is 10.0. The molecule has 0 aliphatic carbocycles. The second kappa shape index (κ2) is 13.6. The molecule has 0 aromatic carbocycles. The maximum atomic E-state index is 11.9. The molecule has 3 saturated heterocycles. The van der Waals surface area contributed by atoms with E-state index in [4.69, 9.17) is 28.4 Å². The maximum absolute atomic E-state index is 11.9. The minimum atomic E-state index is -2.44. The summed E-state index contributed by atoms with van der Waals surface area (Å²) < 4.78 is 32.8. The standard InChI is InChI=1S/C22H39NO16/c1-2-3-23-20(33)34-7-14-16(30)18(32)22(38-14,39-19-11(28)4-10(27)12(5-24)36-19)9-35-21(8-26)17(31)15(29)13(6-25)37-21/h10-19,24-32H,2-9H2,1H3,(H,23,33)/t10-,11?,12?,13+,14+,15-,16-,17?,18?,19+,21-,22-/m0/s1. The van der Waals surface area contributed by atoms with Gasteiger partial charge in [0.1, 0.15) is 68.7 Å². The number of aliphatic hydroxyl groups is 9. The number of nitrogens with one attached hydrogen (secondary N) is 1. The smallest absolute Gasteiger partial charge is 0.407 e. The fraction of sp³-hybridized carbons (Fsp3) is 0.955. The van der Waals surface area contributed by atoms with Crippen molar-refractivity contribution < 1.29 is 79.2 Å². The summed E-state index contributed by atoms with van der Waals surface area (Å²) in [6.07, 6.45) is -16.2. The second-order valence-electron chi connectivity index (χ2n) is 9.68. The topological polar surface area (TPSA) is 267 Å². The van der Waals surface area contributed by atoms with E-state index in [1.54, 1.807) is 0 Å². The van der Waals surface area contributed by atoms with Gasteiger partial charge in [-0.1, -0.05) is 6.92 Å². The first-order chi connectivity index (χ1) is 18.5. The van der Waals surface area contributed by atoms with Crippen LogP contribution in [0.3, 0.4) is 0 Å². The number of carbonyl (C=O) groups is 1. The highest BCUT2D eigenvalue weighted by Gasteiger charge is 2.61. The highest BCUT2D eigenvalue weighted by molar-refractivity contribution is 5.67. The minimum absolute atomic E-state index is 0.303. The van der Waals surface area contributed by atoms with Gasteiger partial charge >= 0.3 is 6.09 Å². The molecule has 3 heterocycles. The van der Waals surface area contributed by atoms with Crippen molar-refractivity contribution in [2.75, 3.05) is 39.6 Å². The first kappa shape index (κ1) is 32.2. The van der Waals surface area contributed by atoms with Gasteiger partial charge in [-0.2, -0.15) is 0 Å². The van der Waals surface area contributed by atoms with Crippen molar-refractivity contribution in [2.45, 2.75) is 92.6 Å². The summed E-state index contributed by atoms with van der Waals surface area (Å²) in [5, 5.41) is 94.0. The van der Waals surface area contributed by atoms with Crippen LogP contribution in [0.15, 0.2) is 0 Å².